The summed E-state index contributed by atoms with van der Waals surface area (Å²) < 4.78 is 19.9. The molecule has 0 bridgehead atoms. The number of unbranched alkanes of at least 4 members (excludes halogenated alkanes) is 1. The molecule has 0 spiro atoms. The third kappa shape index (κ3) is 6.80. The van der Waals surface area contributed by atoms with Gasteiger partial charge in [-0.05, 0) is 12.8 Å². The molecule has 0 aliphatic carbocycles. The molecule has 0 aromatic carbocycles. The van der Waals surface area contributed by atoms with Crippen molar-refractivity contribution in [2.75, 3.05) is 13.2 Å². The zero-order valence-electron chi connectivity index (χ0n) is 7.62. The molecule has 0 heterocycles. The Bertz CT molecular complexity index is 148. The first-order chi connectivity index (χ1) is 5.62. The maximum atomic E-state index is 10.8. The van der Waals surface area contributed by atoms with Gasteiger partial charge in [-0.3, -0.25) is 4.57 Å². The van der Waals surface area contributed by atoms with Crippen LogP contribution >= 0.6 is 7.82 Å². The lowest BCUT2D eigenvalue weighted by Crippen LogP contribution is -2.09. The summed E-state index contributed by atoms with van der Waals surface area (Å²) in [6.45, 7) is 4.23. The molecule has 1 atom stereocenters. The van der Waals surface area contributed by atoms with Crippen LogP contribution in [0.2, 0.25) is 0 Å². The molecule has 74 valence electrons. The van der Waals surface area contributed by atoms with Crippen LogP contribution in [0, 0.1) is 0 Å². The lowest BCUT2D eigenvalue weighted by atomic mass is 10.4. The highest BCUT2D eigenvalue weighted by Gasteiger charge is 2.06. The van der Waals surface area contributed by atoms with Gasteiger partial charge in [0.25, 0.3) is 7.82 Å². The molecule has 0 aliphatic rings. The zero-order valence-corrected chi connectivity index (χ0v) is 8.51. The number of hydrogen-bond donors (Lipinski definition) is 0. The second-order valence-corrected chi connectivity index (χ2v) is 3.88. The largest absolute Gasteiger partial charge is 0.756 e. The summed E-state index contributed by atoms with van der Waals surface area (Å²) in [4.78, 5) is 10.8. The zero-order chi connectivity index (χ0) is 9.45. The molecular formula is C7H16O4P-. The van der Waals surface area contributed by atoms with Crippen LogP contribution in [0.5, 0.6) is 0 Å². The van der Waals surface area contributed by atoms with Crippen molar-refractivity contribution in [1.29, 1.82) is 0 Å². The van der Waals surface area contributed by atoms with Crippen molar-refractivity contribution in [3.8, 4) is 0 Å². The summed E-state index contributed by atoms with van der Waals surface area (Å²) in [5, 5.41) is 0. The average Bonchev–Trinajstić information content (AvgIpc) is 2.01. The van der Waals surface area contributed by atoms with E-state index in [1.165, 1.54) is 0 Å². The smallest absolute Gasteiger partial charge is 0.267 e. The van der Waals surface area contributed by atoms with E-state index in [-0.39, 0.29) is 13.2 Å². The second-order valence-electron chi connectivity index (χ2n) is 2.47. The van der Waals surface area contributed by atoms with Crippen molar-refractivity contribution in [1.82, 2.24) is 0 Å². The highest BCUT2D eigenvalue weighted by Crippen LogP contribution is 2.38. The predicted octanol–water partition coefficient (Wildman–Crippen LogP) is 1.70. The van der Waals surface area contributed by atoms with Crippen LogP contribution < -0.4 is 4.89 Å². The number of rotatable bonds is 7. The van der Waals surface area contributed by atoms with Crippen LogP contribution in [0.4, 0.5) is 0 Å². The van der Waals surface area contributed by atoms with E-state index in [0.29, 0.717) is 6.42 Å². The highest BCUT2D eigenvalue weighted by atomic mass is 31.2. The maximum absolute atomic E-state index is 10.8. The number of hydrogen-bond acceptors (Lipinski definition) is 4. The van der Waals surface area contributed by atoms with Crippen molar-refractivity contribution in [3.05, 3.63) is 0 Å². The fraction of sp³-hybridized carbons (Fsp3) is 1.00. The topological polar surface area (TPSA) is 58.6 Å². The quantitative estimate of drug-likeness (QED) is 0.458. The molecule has 1 unspecified atom stereocenters. The van der Waals surface area contributed by atoms with Crippen LogP contribution in [0.25, 0.3) is 0 Å². The molecule has 0 fully saturated rings. The normalized spacial score (nSPS) is 15.9. The van der Waals surface area contributed by atoms with Gasteiger partial charge in [0, 0.05) is 0 Å². The molecule has 0 amide bonds. The van der Waals surface area contributed by atoms with Crippen LogP contribution in [0.3, 0.4) is 0 Å². The van der Waals surface area contributed by atoms with Crippen molar-refractivity contribution >= 4 is 7.82 Å². The van der Waals surface area contributed by atoms with Gasteiger partial charge in [0.15, 0.2) is 0 Å². The monoisotopic (exact) mass is 195 g/mol. The molecule has 5 heteroatoms. The summed E-state index contributed by atoms with van der Waals surface area (Å²) in [5.41, 5.74) is 0. The van der Waals surface area contributed by atoms with E-state index in [1.807, 2.05) is 13.8 Å². The van der Waals surface area contributed by atoms with Crippen LogP contribution in [0.1, 0.15) is 33.1 Å². The third-order valence-corrected chi connectivity index (χ3v) is 2.20. The fourth-order valence-electron chi connectivity index (χ4n) is 0.561. The Morgan fingerprint density at radius 2 is 1.75 bits per heavy atom. The lowest BCUT2D eigenvalue weighted by Gasteiger charge is -2.21. The summed E-state index contributed by atoms with van der Waals surface area (Å²) in [7, 11) is -3.99. The molecule has 0 aromatic rings. The highest BCUT2D eigenvalue weighted by molar-refractivity contribution is 7.45. The van der Waals surface area contributed by atoms with Gasteiger partial charge in [-0.25, -0.2) is 0 Å². The van der Waals surface area contributed by atoms with E-state index < -0.39 is 7.82 Å². The summed E-state index contributed by atoms with van der Waals surface area (Å²) in [6, 6.07) is 0. The van der Waals surface area contributed by atoms with Gasteiger partial charge in [-0.15, -0.1) is 0 Å². The first-order valence-corrected chi connectivity index (χ1v) is 5.68. The second kappa shape index (κ2) is 6.61. The minimum atomic E-state index is -3.99. The first-order valence-electron chi connectivity index (χ1n) is 4.22. The van der Waals surface area contributed by atoms with Gasteiger partial charge >= 0.3 is 0 Å². The van der Waals surface area contributed by atoms with Crippen molar-refractivity contribution in [2.24, 2.45) is 0 Å². The third-order valence-electron chi connectivity index (χ3n) is 1.20. The van der Waals surface area contributed by atoms with Crippen molar-refractivity contribution < 1.29 is 18.5 Å². The Hall–Kier alpha value is 0.110. The van der Waals surface area contributed by atoms with Gasteiger partial charge in [0.2, 0.25) is 0 Å². The standard InChI is InChI=1S/C7H17O4P/c1-3-5-7-11-12(8,9)10-6-4-2/h3-7H2,1-2H3,(H,8,9)/p-1. The van der Waals surface area contributed by atoms with Crippen molar-refractivity contribution in [3.63, 3.8) is 0 Å². The van der Waals surface area contributed by atoms with E-state index in [1.54, 1.807) is 0 Å². The molecule has 0 saturated heterocycles. The van der Waals surface area contributed by atoms with Gasteiger partial charge in [0.05, 0.1) is 13.2 Å². The summed E-state index contributed by atoms with van der Waals surface area (Å²) in [6.07, 6.45) is 2.32. The van der Waals surface area contributed by atoms with E-state index in [0.717, 1.165) is 12.8 Å². The minimum Gasteiger partial charge on any atom is -0.756 e. The van der Waals surface area contributed by atoms with Crippen molar-refractivity contribution in [2.45, 2.75) is 33.1 Å². The van der Waals surface area contributed by atoms with Gasteiger partial charge in [-0.1, -0.05) is 20.3 Å². The molecule has 0 rings (SSSR count). The Morgan fingerprint density at radius 1 is 1.17 bits per heavy atom. The minimum absolute atomic E-state index is 0.201. The summed E-state index contributed by atoms with van der Waals surface area (Å²) in [5.74, 6) is 0. The number of phosphoric ester groups is 1. The van der Waals surface area contributed by atoms with Crippen LogP contribution in [0.15, 0.2) is 0 Å². The Morgan fingerprint density at radius 3 is 2.25 bits per heavy atom. The van der Waals surface area contributed by atoms with Gasteiger partial charge in [0.1, 0.15) is 0 Å². The molecule has 0 saturated carbocycles. The molecule has 0 radical (unpaired) electrons. The Balaban J connectivity index is 3.49. The van der Waals surface area contributed by atoms with Gasteiger partial charge < -0.3 is 13.9 Å². The van der Waals surface area contributed by atoms with E-state index >= 15 is 0 Å². The average molecular weight is 195 g/mol. The van der Waals surface area contributed by atoms with E-state index in [9.17, 15) is 9.46 Å². The maximum Gasteiger partial charge on any atom is 0.267 e. The van der Waals surface area contributed by atoms with E-state index in [2.05, 4.69) is 9.05 Å². The molecule has 0 aliphatic heterocycles. The molecule has 0 aromatic heterocycles. The fourth-order valence-corrected chi connectivity index (χ4v) is 1.39. The van der Waals surface area contributed by atoms with Gasteiger partial charge in [-0.2, -0.15) is 0 Å². The molecule has 4 nitrogen and oxygen atoms in total. The molecular weight excluding hydrogens is 179 g/mol. The predicted molar refractivity (Wildman–Crippen MR) is 44.7 cm³/mol. The number of phosphoric acid groups is 1. The Kier molecular flexibility index (Phi) is 6.67. The SMILES string of the molecule is CCCCOP(=O)([O-])OCCC. The van der Waals surface area contributed by atoms with Crippen LogP contribution in [-0.4, -0.2) is 13.2 Å². The van der Waals surface area contributed by atoms with Crippen LogP contribution in [-0.2, 0) is 13.6 Å². The Labute approximate surface area is 73.5 Å². The molecule has 0 N–H and O–H groups in total. The lowest BCUT2D eigenvalue weighted by molar-refractivity contribution is -0.225. The molecule has 12 heavy (non-hydrogen) atoms. The summed E-state index contributed by atoms with van der Waals surface area (Å²) >= 11 is 0. The first kappa shape index (κ1) is 12.1. The van der Waals surface area contributed by atoms with E-state index in [4.69, 9.17) is 0 Å².